The van der Waals surface area contributed by atoms with Crippen molar-refractivity contribution in [2.24, 2.45) is 0 Å². The van der Waals surface area contributed by atoms with Crippen molar-refractivity contribution in [3.05, 3.63) is 75.0 Å². The molecule has 1 saturated carbocycles. The lowest BCUT2D eigenvalue weighted by atomic mass is 9.95. The second-order valence-electron chi connectivity index (χ2n) is 8.95. The van der Waals surface area contributed by atoms with Gasteiger partial charge in [-0.2, -0.15) is 0 Å². The van der Waals surface area contributed by atoms with Gasteiger partial charge in [0, 0.05) is 44.4 Å². The van der Waals surface area contributed by atoms with Crippen molar-refractivity contribution < 1.29 is 4.79 Å². The number of hydrogen-bond donors (Lipinski definition) is 2. The van der Waals surface area contributed by atoms with E-state index in [-0.39, 0.29) is 11.5 Å². The fourth-order valence-electron chi connectivity index (χ4n) is 4.54. The SMILES string of the molecule is CCc1cc2ncc(CN3CC=C(c4ccc(C(=O)NC)nc4C4CC4)CC3)cc2[nH]c1=O. The summed E-state index contributed by atoms with van der Waals surface area (Å²) in [6.45, 7) is 4.55. The van der Waals surface area contributed by atoms with Crippen molar-refractivity contribution in [1.82, 2.24) is 25.2 Å². The number of nitrogens with one attached hydrogen (secondary N) is 2. The van der Waals surface area contributed by atoms with Crippen molar-refractivity contribution in [2.45, 2.75) is 45.1 Å². The number of pyridine rings is 3. The minimum atomic E-state index is -0.136. The molecule has 0 saturated heterocycles. The molecule has 1 aliphatic heterocycles. The van der Waals surface area contributed by atoms with Crippen molar-refractivity contribution in [3.63, 3.8) is 0 Å². The zero-order valence-corrected chi connectivity index (χ0v) is 19.1. The molecular formula is C26H29N5O2. The minimum absolute atomic E-state index is 0.0305. The average molecular weight is 444 g/mol. The van der Waals surface area contributed by atoms with E-state index in [2.05, 4.69) is 32.3 Å². The zero-order valence-electron chi connectivity index (χ0n) is 19.1. The monoisotopic (exact) mass is 443 g/mol. The highest BCUT2D eigenvalue weighted by atomic mass is 16.1. The van der Waals surface area contributed by atoms with Crippen LogP contribution in [0.4, 0.5) is 0 Å². The number of carbonyl (C=O) groups is 1. The number of nitrogens with zero attached hydrogens (tertiary/aromatic N) is 3. The van der Waals surface area contributed by atoms with Crippen LogP contribution < -0.4 is 10.9 Å². The molecule has 33 heavy (non-hydrogen) atoms. The van der Waals surface area contributed by atoms with E-state index in [1.54, 1.807) is 7.05 Å². The lowest BCUT2D eigenvalue weighted by Gasteiger charge is -2.27. The molecule has 0 radical (unpaired) electrons. The number of H-pyrrole nitrogens is 1. The second kappa shape index (κ2) is 8.90. The van der Waals surface area contributed by atoms with Gasteiger partial charge in [0.25, 0.3) is 11.5 Å². The number of aromatic nitrogens is 3. The Morgan fingerprint density at radius 3 is 2.82 bits per heavy atom. The van der Waals surface area contributed by atoms with Gasteiger partial charge in [0.2, 0.25) is 0 Å². The number of rotatable bonds is 6. The van der Waals surface area contributed by atoms with Crippen molar-refractivity contribution in [3.8, 4) is 0 Å². The summed E-state index contributed by atoms with van der Waals surface area (Å²) < 4.78 is 0. The molecule has 3 aromatic heterocycles. The molecule has 0 unspecified atom stereocenters. The van der Waals surface area contributed by atoms with E-state index < -0.39 is 0 Å². The molecule has 0 bridgehead atoms. The highest BCUT2D eigenvalue weighted by Crippen LogP contribution is 2.43. The lowest BCUT2D eigenvalue weighted by Crippen LogP contribution is -2.28. The third kappa shape index (κ3) is 4.46. The first-order valence-electron chi connectivity index (χ1n) is 11.7. The van der Waals surface area contributed by atoms with Gasteiger partial charge in [-0.25, -0.2) is 4.98 Å². The third-order valence-corrected chi connectivity index (χ3v) is 6.60. The molecule has 1 aliphatic carbocycles. The van der Waals surface area contributed by atoms with E-state index in [9.17, 15) is 9.59 Å². The van der Waals surface area contributed by atoms with Crippen molar-refractivity contribution in [2.75, 3.05) is 20.1 Å². The first-order chi connectivity index (χ1) is 16.1. The molecule has 1 fully saturated rings. The molecule has 2 N–H and O–H groups in total. The summed E-state index contributed by atoms with van der Waals surface area (Å²) in [6.07, 6.45) is 8.13. The van der Waals surface area contributed by atoms with Crippen LogP contribution in [0.2, 0.25) is 0 Å². The first-order valence-corrected chi connectivity index (χ1v) is 11.7. The van der Waals surface area contributed by atoms with Crippen LogP contribution in [0.5, 0.6) is 0 Å². The second-order valence-corrected chi connectivity index (χ2v) is 8.95. The van der Waals surface area contributed by atoms with Crippen LogP contribution in [0.1, 0.15) is 65.0 Å². The molecule has 2 aliphatic rings. The number of carbonyl (C=O) groups excluding carboxylic acids is 1. The van der Waals surface area contributed by atoms with Gasteiger partial charge in [0.15, 0.2) is 0 Å². The quantitative estimate of drug-likeness (QED) is 0.609. The van der Waals surface area contributed by atoms with Gasteiger partial charge in [0.1, 0.15) is 5.69 Å². The van der Waals surface area contributed by atoms with Crippen LogP contribution in [0.3, 0.4) is 0 Å². The smallest absolute Gasteiger partial charge is 0.269 e. The first kappa shape index (κ1) is 21.5. The maximum absolute atomic E-state index is 12.2. The van der Waals surface area contributed by atoms with E-state index in [0.29, 0.717) is 18.0 Å². The van der Waals surface area contributed by atoms with Gasteiger partial charge in [-0.3, -0.25) is 19.5 Å². The van der Waals surface area contributed by atoms with E-state index >= 15 is 0 Å². The van der Waals surface area contributed by atoms with E-state index in [4.69, 9.17) is 4.98 Å². The summed E-state index contributed by atoms with van der Waals surface area (Å²) in [6, 6.07) is 7.82. The predicted molar refractivity (Wildman–Crippen MR) is 129 cm³/mol. The standard InChI is InChI=1S/C26H29N5O2/c1-3-17-13-22-23(30-25(17)32)12-16(14-28-22)15-31-10-8-18(9-11-31)20-6-7-21(26(33)27-2)29-24(20)19-4-5-19/h6-8,12-14,19H,3-5,9-11,15H2,1-2H3,(H,27,33)(H,30,32). The Balaban J connectivity index is 1.32. The normalized spacial score (nSPS) is 16.6. The summed E-state index contributed by atoms with van der Waals surface area (Å²) in [7, 11) is 1.64. The van der Waals surface area contributed by atoms with Crippen molar-refractivity contribution >= 4 is 22.5 Å². The fraction of sp³-hybridized carbons (Fsp3) is 0.385. The van der Waals surface area contributed by atoms with Crippen LogP contribution in [0.15, 0.2) is 41.3 Å². The molecule has 0 spiro atoms. The Kier molecular flexibility index (Phi) is 5.81. The van der Waals surface area contributed by atoms with Crippen LogP contribution in [-0.2, 0) is 13.0 Å². The van der Waals surface area contributed by atoms with Gasteiger partial charge >= 0.3 is 0 Å². The summed E-state index contributed by atoms with van der Waals surface area (Å²) in [5.74, 6) is 0.339. The lowest BCUT2D eigenvalue weighted by molar-refractivity contribution is 0.0958. The highest BCUT2D eigenvalue weighted by Gasteiger charge is 2.30. The number of aryl methyl sites for hydroxylation is 1. The van der Waals surface area contributed by atoms with Crippen LogP contribution in [0, 0.1) is 0 Å². The molecule has 4 heterocycles. The average Bonchev–Trinajstić information content (AvgIpc) is 3.69. The number of aromatic amines is 1. The van der Waals surface area contributed by atoms with Crippen molar-refractivity contribution in [1.29, 1.82) is 0 Å². The fourth-order valence-corrected chi connectivity index (χ4v) is 4.54. The van der Waals surface area contributed by atoms with Crippen LogP contribution in [-0.4, -0.2) is 45.9 Å². The van der Waals surface area contributed by atoms with Gasteiger partial charge < -0.3 is 10.3 Å². The van der Waals surface area contributed by atoms with E-state index in [1.165, 1.54) is 11.1 Å². The minimum Gasteiger partial charge on any atom is -0.354 e. The Morgan fingerprint density at radius 2 is 2.12 bits per heavy atom. The molecule has 0 aromatic carbocycles. The zero-order chi connectivity index (χ0) is 22.9. The summed E-state index contributed by atoms with van der Waals surface area (Å²) >= 11 is 0. The molecule has 3 aromatic rings. The summed E-state index contributed by atoms with van der Waals surface area (Å²) in [5.41, 5.74) is 7.53. The largest absolute Gasteiger partial charge is 0.354 e. The molecular weight excluding hydrogens is 414 g/mol. The Bertz CT molecular complexity index is 1310. The molecule has 0 atom stereocenters. The molecule has 5 rings (SSSR count). The van der Waals surface area contributed by atoms with Gasteiger partial charge in [0.05, 0.1) is 16.7 Å². The topological polar surface area (TPSA) is 91.0 Å². The summed E-state index contributed by atoms with van der Waals surface area (Å²) in [5, 5.41) is 2.67. The Labute approximate surface area is 193 Å². The van der Waals surface area contributed by atoms with E-state index in [0.717, 1.165) is 66.8 Å². The maximum Gasteiger partial charge on any atom is 0.269 e. The summed E-state index contributed by atoms with van der Waals surface area (Å²) in [4.78, 5) is 38.8. The van der Waals surface area contributed by atoms with Crippen LogP contribution in [0.25, 0.3) is 16.6 Å². The predicted octanol–water partition coefficient (Wildman–Crippen LogP) is 3.41. The van der Waals surface area contributed by atoms with Gasteiger partial charge in [-0.05, 0) is 60.6 Å². The number of fused-ring (bicyclic) bond motifs is 1. The molecule has 7 heteroatoms. The molecule has 170 valence electrons. The third-order valence-electron chi connectivity index (χ3n) is 6.60. The highest BCUT2D eigenvalue weighted by molar-refractivity contribution is 5.92. The number of amides is 1. The Hall–Kier alpha value is -3.32. The molecule has 7 nitrogen and oxygen atoms in total. The van der Waals surface area contributed by atoms with Crippen LogP contribution >= 0.6 is 0 Å². The van der Waals surface area contributed by atoms with E-state index in [1.807, 2.05) is 31.3 Å². The van der Waals surface area contributed by atoms with Gasteiger partial charge in [-0.1, -0.05) is 19.1 Å². The molecule has 1 amide bonds. The maximum atomic E-state index is 12.2. The number of hydrogen-bond acceptors (Lipinski definition) is 5. The van der Waals surface area contributed by atoms with Gasteiger partial charge in [-0.15, -0.1) is 0 Å². The Morgan fingerprint density at radius 1 is 1.27 bits per heavy atom.